The molecule has 3 nitrogen and oxygen atoms in total. The van der Waals surface area contributed by atoms with Gasteiger partial charge in [-0.3, -0.25) is 0 Å². The average molecular weight is 298 g/mol. The molecule has 0 fully saturated rings. The summed E-state index contributed by atoms with van der Waals surface area (Å²) in [5, 5.41) is 0.525. The van der Waals surface area contributed by atoms with Gasteiger partial charge in [-0.25, -0.2) is 9.97 Å². The summed E-state index contributed by atoms with van der Waals surface area (Å²) < 4.78 is 0. The second-order valence-electron chi connectivity index (χ2n) is 7.32. The first-order chi connectivity index (χ1) is 9.09. The van der Waals surface area contributed by atoms with Crippen molar-refractivity contribution in [1.82, 2.24) is 9.97 Å². The smallest absolute Gasteiger partial charge is 0.137 e. The first-order valence-corrected chi connectivity index (χ1v) is 7.77. The van der Waals surface area contributed by atoms with Crippen molar-refractivity contribution in [2.45, 2.75) is 53.9 Å². The molecule has 0 amide bonds. The maximum atomic E-state index is 6.20. The van der Waals surface area contributed by atoms with Crippen LogP contribution in [0.3, 0.4) is 0 Å². The van der Waals surface area contributed by atoms with Crippen molar-refractivity contribution in [3.63, 3.8) is 0 Å². The molecule has 114 valence electrons. The monoisotopic (exact) mass is 297 g/mol. The van der Waals surface area contributed by atoms with E-state index in [-0.39, 0.29) is 5.41 Å². The predicted octanol–water partition coefficient (Wildman–Crippen LogP) is 4.55. The van der Waals surface area contributed by atoms with Gasteiger partial charge in [-0.1, -0.05) is 60.1 Å². The highest BCUT2D eigenvalue weighted by Gasteiger charge is 2.21. The number of anilines is 1. The Morgan fingerprint density at radius 1 is 1.05 bits per heavy atom. The van der Waals surface area contributed by atoms with Crippen LogP contribution in [0, 0.1) is 11.8 Å². The zero-order chi connectivity index (χ0) is 15.5. The van der Waals surface area contributed by atoms with E-state index < -0.39 is 0 Å². The van der Waals surface area contributed by atoms with Gasteiger partial charge in [-0.15, -0.1) is 0 Å². The van der Waals surface area contributed by atoms with E-state index in [1.54, 1.807) is 0 Å². The van der Waals surface area contributed by atoms with Gasteiger partial charge in [-0.2, -0.15) is 0 Å². The van der Waals surface area contributed by atoms with Crippen LogP contribution < -0.4 is 4.90 Å². The van der Waals surface area contributed by atoms with Gasteiger partial charge >= 0.3 is 0 Å². The molecule has 0 aliphatic carbocycles. The minimum Gasteiger partial charge on any atom is -0.356 e. The average Bonchev–Trinajstić information content (AvgIpc) is 2.24. The summed E-state index contributed by atoms with van der Waals surface area (Å²) in [5.41, 5.74) is -0.0962. The van der Waals surface area contributed by atoms with E-state index in [2.05, 4.69) is 58.4 Å². The zero-order valence-electron chi connectivity index (χ0n) is 13.9. The zero-order valence-corrected chi connectivity index (χ0v) is 14.6. The fourth-order valence-electron chi connectivity index (χ4n) is 2.05. The Kier molecular flexibility index (Phi) is 5.81. The molecule has 0 N–H and O–H groups in total. The maximum Gasteiger partial charge on any atom is 0.137 e. The molecular formula is C16H28ClN3. The van der Waals surface area contributed by atoms with Crippen LogP contribution in [-0.2, 0) is 5.41 Å². The molecule has 0 saturated carbocycles. The molecule has 1 heterocycles. The van der Waals surface area contributed by atoms with E-state index in [4.69, 9.17) is 16.6 Å². The van der Waals surface area contributed by atoms with Crippen molar-refractivity contribution in [1.29, 1.82) is 0 Å². The summed E-state index contributed by atoms with van der Waals surface area (Å²) in [7, 11) is 0. The molecule has 0 saturated heterocycles. The summed E-state index contributed by atoms with van der Waals surface area (Å²) in [5.74, 6) is 2.91. The van der Waals surface area contributed by atoms with E-state index >= 15 is 0 Å². The Hall–Kier alpha value is -0.830. The molecule has 20 heavy (non-hydrogen) atoms. The lowest BCUT2D eigenvalue weighted by molar-refractivity contribution is 0.528. The van der Waals surface area contributed by atoms with Crippen LogP contribution in [0.4, 0.5) is 5.82 Å². The quantitative estimate of drug-likeness (QED) is 0.747. The topological polar surface area (TPSA) is 29.0 Å². The lowest BCUT2D eigenvalue weighted by Gasteiger charge is -2.29. The maximum absolute atomic E-state index is 6.20. The van der Waals surface area contributed by atoms with Gasteiger partial charge in [0.25, 0.3) is 0 Å². The highest BCUT2D eigenvalue weighted by atomic mass is 35.5. The summed E-state index contributed by atoms with van der Waals surface area (Å²) in [4.78, 5) is 11.4. The van der Waals surface area contributed by atoms with Crippen LogP contribution in [0.1, 0.15) is 54.3 Å². The minimum absolute atomic E-state index is 0.0962. The fraction of sp³-hybridized carbons (Fsp3) is 0.750. The summed E-state index contributed by atoms with van der Waals surface area (Å²) in [6.07, 6.45) is 0. The van der Waals surface area contributed by atoms with Gasteiger partial charge in [0.05, 0.1) is 0 Å². The van der Waals surface area contributed by atoms with Crippen molar-refractivity contribution in [3.8, 4) is 0 Å². The van der Waals surface area contributed by atoms with Crippen LogP contribution in [0.2, 0.25) is 5.15 Å². The van der Waals surface area contributed by atoms with Crippen molar-refractivity contribution >= 4 is 17.4 Å². The third-order valence-electron chi connectivity index (χ3n) is 2.85. The predicted molar refractivity (Wildman–Crippen MR) is 87.6 cm³/mol. The van der Waals surface area contributed by atoms with Crippen LogP contribution in [0.25, 0.3) is 0 Å². The Bertz CT molecular complexity index is 426. The van der Waals surface area contributed by atoms with Crippen LogP contribution in [0.5, 0.6) is 0 Å². The molecule has 4 heteroatoms. The van der Waals surface area contributed by atoms with Crippen LogP contribution in [0.15, 0.2) is 6.07 Å². The molecule has 0 aromatic carbocycles. The number of hydrogen-bond acceptors (Lipinski definition) is 3. The van der Waals surface area contributed by atoms with Gasteiger partial charge in [0, 0.05) is 24.6 Å². The molecule has 0 aliphatic rings. The highest BCUT2D eigenvalue weighted by Crippen LogP contribution is 2.25. The van der Waals surface area contributed by atoms with E-state index in [9.17, 15) is 0 Å². The second kappa shape index (κ2) is 6.75. The molecule has 0 aliphatic heterocycles. The third-order valence-corrected chi connectivity index (χ3v) is 3.04. The normalized spacial score (nSPS) is 12.3. The SMILES string of the molecule is CC(C)CN(CC(C)C)c1cc(Cl)nc(C(C)(C)C)n1. The highest BCUT2D eigenvalue weighted by molar-refractivity contribution is 6.29. The van der Waals surface area contributed by atoms with Gasteiger partial charge in [0.2, 0.25) is 0 Å². The van der Waals surface area contributed by atoms with Gasteiger partial charge in [0.1, 0.15) is 16.8 Å². The number of nitrogens with zero attached hydrogens (tertiary/aromatic N) is 3. The van der Waals surface area contributed by atoms with Crippen molar-refractivity contribution in [3.05, 3.63) is 17.0 Å². The van der Waals surface area contributed by atoms with Crippen LogP contribution >= 0.6 is 11.6 Å². The lowest BCUT2D eigenvalue weighted by Crippen LogP contribution is -2.33. The summed E-state index contributed by atoms with van der Waals surface area (Å²) in [6.45, 7) is 17.2. The van der Waals surface area contributed by atoms with E-state index in [0.717, 1.165) is 24.7 Å². The molecular weight excluding hydrogens is 270 g/mol. The summed E-state index contributed by atoms with van der Waals surface area (Å²) in [6, 6.07) is 1.88. The van der Waals surface area contributed by atoms with Crippen molar-refractivity contribution < 1.29 is 0 Å². The van der Waals surface area contributed by atoms with Gasteiger partial charge in [-0.05, 0) is 11.8 Å². The molecule has 0 spiro atoms. The van der Waals surface area contributed by atoms with E-state index in [0.29, 0.717) is 17.0 Å². The first-order valence-electron chi connectivity index (χ1n) is 7.39. The number of hydrogen-bond donors (Lipinski definition) is 0. The summed E-state index contributed by atoms with van der Waals surface area (Å²) >= 11 is 6.20. The van der Waals surface area contributed by atoms with E-state index in [1.165, 1.54) is 0 Å². The number of aromatic nitrogens is 2. The standard InChI is InChI=1S/C16H28ClN3/c1-11(2)9-20(10-12(3)4)14-8-13(17)18-15(19-14)16(5,6)7/h8,11-12H,9-10H2,1-7H3. The molecule has 0 radical (unpaired) electrons. The Morgan fingerprint density at radius 2 is 1.55 bits per heavy atom. The molecule has 0 atom stereocenters. The van der Waals surface area contributed by atoms with Gasteiger partial charge in [0.15, 0.2) is 0 Å². The van der Waals surface area contributed by atoms with Crippen molar-refractivity contribution in [2.75, 3.05) is 18.0 Å². The molecule has 0 bridgehead atoms. The number of rotatable bonds is 5. The van der Waals surface area contributed by atoms with E-state index in [1.807, 2.05) is 6.07 Å². The third kappa shape index (κ3) is 5.28. The Balaban J connectivity index is 3.15. The second-order valence-corrected chi connectivity index (χ2v) is 7.70. The number of halogens is 1. The minimum atomic E-state index is -0.0962. The Morgan fingerprint density at radius 3 is 1.95 bits per heavy atom. The molecule has 1 rings (SSSR count). The molecule has 0 unspecified atom stereocenters. The molecule has 1 aromatic heterocycles. The van der Waals surface area contributed by atoms with Crippen LogP contribution in [-0.4, -0.2) is 23.1 Å². The Labute approximate surface area is 128 Å². The lowest BCUT2D eigenvalue weighted by atomic mass is 9.96. The van der Waals surface area contributed by atoms with Gasteiger partial charge < -0.3 is 4.90 Å². The molecule has 1 aromatic rings. The van der Waals surface area contributed by atoms with Crippen molar-refractivity contribution in [2.24, 2.45) is 11.8 Å². The first kappa shape index (κ1) is 17.2. The fourth-order valence-corrected chi connectivity index (χ4v) is 2.22. The largest absolute Gasteiger partial charge is 0.356 e.